The molecule has 0 amide bonds. The van der Waals surface area contributed by atoms with E-state index in [0.717, 1.165) is 31.1 Å². The van der Waals surface area contributed by atoms with Gasteiger partial charge >= 0.3 is 4.87 Å². The minimum atomic E-state index is 0.127. The number of rotatable bonds is 7. The highest BCUT2D eigenvalue weighted by molar-refractivity contribution is 7.07. The maximum absolute atomic E-state index is 11.7. The van der Waals surface area contributed by atoms with Gasteiger partial charge in [0.2, 0.25) is 0 Å². The summed E-state index contributed by atoms with van der Waals surface area (Å²) in [6.07, 6.45) is 0. The number of aryl methyl sites for hydroxylation is 1. The van der Waals surface area contributed by atoms with Gasteiger partial charge in [-0.3, -0.25) is 4.79 Å². The molecule has 0 N–H and O–H groups in total. The van der Waals surface area contributed by atoms with Crippen LogP contribution in [0.15, 0.2) is 34.4 Å². The van der Waals surface area contributed by atoms with Crippen molar-refractivity contribution < 1.29 is 4.74 Å². The van der Waals surface area contributed by atoms with Crippen molar-refractivity contribution in [2.45, 2.75) is 26.9 Å². The zero-order valence-electron chi connectivity index (χ0n) is 12.8. The van der Waals surface area contributed by atoms with E-state index < -0.39 is 0 Å². The minimum absolute atomic E-state index is 0.127. The predicted molar refractivity (Wildman–Crippen MR) is 87.3 cm³/mol. The molecule has 0 aliphatic rings. The van der Waals surface area contributed by atoms with Crippen molar-refractivity contribution in [1.82, 2.24) is 9.47 Å². The Bertz CT molecular complexity index is 616. The number of ether oxygens (including phenoxy) is 1. The molecule has 114 valence electrons. The molecule has 0 saturated heterocycles. The van der Waals surface area contributed by atoms with Gasteiger partial charge in [-0.2, -0.15) is 0 Å². The molecule has 0 saturated carbocycles. The van der Waals surface area contributed by atoms with Crippen molar-refractivity contribution in [3.05, 3.63) is 50.6 Å². The number of likely N-dealkylation sites (N-methyl/N-ethyl adjacent to an activating group) is 1. The Morgan fingerprint density at radius 3 is 2.57 bits per heavy atom. The maximum atomic E-state index is 11.7. The monoisotopic (exact) mass is 306 g/mol. The van der Waals surface area contributed by atoms with Crippen molar-refractivity contribution in [3.8, 4) is 5.75 Å². The zero-order chi connectivity index (χ0) is 15.2. The molecule has 1 aromatic carbocycles. The molecule has 4 nitrogen and oxygen atoms in total. The molecule has 0 radical (unpaired) electrons. The molecule has 0 fully saturated rings. The van der Waals surface area contributed by atoms with Crippen LogP contribution in [0.5, 0.6) is 5.75 Å². The third kappa shape index (κ3) is 4.44. The standard InChI is InChI=1S/C16H22N2O2S/c1-4-20-15-7-5-14(6-8-15)11-17(3)9-10-18-13(2)12-21-16(18)19/h5-8,12H,4,9-11H2,1-3H3. The van der Waals surface area contributed by atoms with Crippen molar-refractivity contribution in [3.63, 3.8) is 0 Å². The zero-order valence-corrected chi connectivity index (χ0v) is 13.7. The Morgan fingerprint density at radius 2 is 2.00 bits per heavy atom. The first kappa shape index (κ1) is 15.8. The quantitative estimate of drug-likeness (QED) is 0.789. The molecule has 0 aliphatic carbocycles. The summed E-state index contributed by atoms with van der Waals surface area (Å²) in [5.41, 5.74) is 2.29. The molecule has 2 aromatic rings. The summed E-state index contributed by atoms with van der Waals surface area (Å²) in [7, 11) is 2.07. The largest absolute Gasteiger partial charge is 0.494 e. The van der Waals surface area contributed by atoms with Crippen LogP contribution in [0.25, 0.3) is 0 Å². The lowest BCUT2D eigenvalue weighted by Gasteiger charge is -2.17. The van der Waals surface area contributed by atoms with E-state index in [1.165, 1.54) is 16.9 Å². The highest BCUT2D eigenvalue weighted by Gasteiger charge is 2.05. The van der Waals surface area contributed by atoms with E-state index in [-0.39, 0.29) is 4.87 Å². The van der Waals surface area contributed by atoms with Crippen molar-refractivity contribution in [2.75, 3.05) is 20.2 Å². The van der Waals surface area contributed by atoms with Gasteiger partial charge in [0.1, 0.15) is 5.75 Å². The molecule has 5 heteroatoms. The second kappa shape index (κ2) is 7.43. The highest BCUT2D eigenvalue weighted by atomic mass is 32.1. The van der Waals surface area contributed by atoms with Crippen LogP contribution in [-0.4, -0.2) is 29.7 Å². The van der Waals surface area contributed by atoms with E-state index in [9.17, 15) is 4.79 Å². The number of thiazole rings is 1. The van der Waals surface area contributed by atoms with E-state index >= 15 is 0 Å². The van der Waals surface area contributed by atoms with E-state index in [1.54, 1.807) is 0 Å². The van der Waals surface area contributed by atoms with Gasteiger partial charge in [-0.1, -0.05) is 23.5 Å². The molecular formula is C16H22N2O2S. The molecule has 0 bridgehead atoms. The minimum Gasteiger partial charge on any atom is -0.494 e. The number of hydrogen-bond donors (Lipinski definition) is 0. The fourth-order valence-electron chi connectivity index (χ4n) is 2.19. The summed E-state index contributed by atoms with van der Waals surface area (Å²) in [4.78, 5) is 14.0. The normalized spacial score (nSPS) is 11.0. The SMILES string of the molecule is CCOc1ccc(CN(C)CCn2c(C)csc2=O)cc1. The lowest BCUT2D eigenvalue weighted by atomic mass is 10.2. The Hall–Kier alpha value is -1.59. The van der Waals surface area contributed by atoms with Gasteiger partial charge in [-0.25, -0.2) is 0 Å². The van der Waals surface area contributed by atoms with Gasteiger partial charge in [0.25, 0.3) is 0 Å². The first-order chi connectivity index (χ1) is 10.1. The van der Waals surface area contributed by atoms with Gasteiger partial charge in [0.15, 0.2) is 0 Å². The summed E-state index contributed by atoms with van der Waals surface area (Å²) in [6, 6.07) is 8.17. The summed E-state index contributed by atoms with van der Waals surface area (Å²) in [5, 5.41) is 1.91. The molecular weight excluding hydrogens is 284 g/mol. The van der Waals surface area contributed by atoms with Crippen LogP contribution in [0.1, 0.15) is 18.2 Å². The van der Waals surface area contributed by atoms with Crippen LogP contribution in [0.4, 0.5) is 0 Å². The maximum Gasteiger partial charge on any atom is 0.307 e. The third-order valence-electron chi connectivity index (χ3n) is 3.37. The second-order valence-electron chi connectivity index (χ2n) is 5.11. The topological polar surface area (TPSA) is 34.5 Å². The van der Waals surface area contributed by atoms with Crippen LogP contribution in [0, 0.1) is 6.92 Å². The van der Waals surface area contributed by atoms with Crippen LogP contribution < -0.4 is 9.61 Å². The average molecular weight is 306 g/mol. The van der Waals surface area contributed by atoms with Crippen LogP contribution in [0.2, 0.25) is 0 Å². The molecule has 0 spiro atoms. The highest BCUT2D eigenvalue weighted by Crippen LogP contribution is 2.13. The fourth-order valence-corrected chi connectivity index (χ4v) is 2.95. The Morgan fingerprint density at radius 1 is 1.29 bits per heavy atom. The molecule has 1 aromatic heterocycles. The summed E-state index contributed by atoms with van der Waals surface area (Å²) in [5.74, 6) is 0.907. The van der Waals surface area contributed by atoms with Crippen LogP contribution in [-0.2, 0) is 13.1 Å². The van der Waals surface area contributed by atoms with Gasteiger partial charge in [0, 0.05) is 30.7 Å². The van der Waals surface area contributed by atoms with Crippen LogP contribution >= 0.6 is 11.3 Å². The molecule has 0 aliphatic heterocycles. The Kier molecular flexibility index (Phi) is 5.59. The Balaban J connectivity index is 1.87. The van der Waals surface area contributed by atoms with Gasteiger partial charge < -0.3 is 14.2 Å². The lowest BCUT2D eigenvalue weighted by Crippen LogP contribution is -2.26. The number of aromatic nitrogens is 1. The average Bonchev–Trinajstić information content (AvgIpc) is 2.78. The molecule has 2 rings (SSSR count). The van der Waals surface area contributed by atoms with Crippen molar-refractivity contribution in [2.24, 2.45) is 0 Å². The first-order valence-corrected chi connectivity index (χ1v) is 8.03. The molecule has 1 heterocycles. The van der Waals surface area contributed by atoms with Crippen LogP contribution in [0.3, 0.4) is 0 Å². The molecule has 21 heavy (non-hydrogen) atoms. The second-order valence-corrected chi connectivity index (χ2v) is 5.93. The molecule has 0 atom stereocenters. The number of nitrogens with zero attached hydrogens (tertiary/aromatic N) is 2. The Labute approximate surface area is 129 Å². The predicted octanol–water partition coefficient (Wildman–Crippen LogP) is 2.75. The van der Waals surface area contributed by atoms with E-state index in [4.69, 9.17) is 4.74 Å². The summed E-state index contributed by atoms with van der Waals surface area (Å²) in [6.45, 7) is 7.10. The number of benzene rings is 1. The van der Waals surface area contributed by atoms with Gasteiger partial charge in [-0.15, -0.1) is 0 Å². The first-order valence-electron chi connectivity index (χ1n) is 7.15. The summed E-state index contributed by atoms with van der Waals surface area (Å²) < 4.78 is 7.27. The van der Waals surface area contributed by atoms with Gasteiger partial charge in [0.05, 0.1) is 6.61 Å². The fraction of sp³-hybridized carbons (Fsp3) is 0.438. The van der Waals surface area contributed by atoms with E-state index in [1.807, 2.05) is 35.9 Å². The lowest BCUT2D eigenvalue weighted by molar-refractivity contribution is 0.309. The molecule has 0 unspecified atom stereocenters. The smallest absolute Gasteiger partial charge is 0.307 e. The third-order valence-corrected chi connectivity index (χ3v) is 4.25. The van der Waals surface area contributed by atoms with E-state index in [0.29, 0.717) is 6.61 Å². The van der Waals surface area contributed by atoms with Crippen molar-refractivity contribution >= 4 is 11.3 Å². The van der Waals surface area contributed by atoms with Gasteiger partial charge in [-0.05, 0) is 38.6 Å². The number of hydrogen-bond acceptors (Lipinski definition) is 4. The van der Waals surface area contributed by atoms with Crippen molar-refractivity contribution in [1.29, 1.82) is 0 Å². The summed E-state index contributed by atoms with van der Waals surface area (Å²) >= 11 is 1.27. The van der Waals surface area contributed by atoms with E-state index in [2.05, 4.69) is 24.1 Å².